The molecule has 0 saturated heterocycles. The number of carbonyl (C=O) groups is 1. The zero-order valence-electron chi connectivity index (χ0n) is 15.9. The highest BCUT2D eigenvalue weighted by molar-refractivity contribution is 5.93. The number of rotatable bonds is 9. The van der Waals surface area contributed by atoms with E-state index in [0.717, 1.165) is 23.2 Å². The second kappa shape index (κ2) is 10.2. The Morgan fingerprint density at radius 3 is 2.71 bits per heavy atom. The fourth-order valence-electron chi connectivity index (χ4n) is 2.53. The number of carbonyl (C=O) groups excluding carboxylic acids is 1. The first-order valence-corrected chi connectivity index (χ1v) is 8.61. The summed E-state index contributed by atoms with van der Waals surface area (Å²) in [6.07, 6.45) is 2.14. The molecule has 2 aromatic carbocycles. The largest absolute Gasteiger partial charge is 0.493 e. The summed E-state index contributed by atoms with van der Waals surface area (Å²) in [6, 6.07) is 10.1. The van der Waals surface area contributed by atoms with Crippen LogP contribution in [0.2, 0.25) is 0 Å². The minimum Gasteiger partial charge on any atom is -0.493 e. The van der Waals surface area contributed by atoms with E-state index < -0.39 is 6.61 Å². The zero-order valence-corrected chi connectivity index (χ0v) is 15.9. The first kappa shape index (κ1) is 21.1. The van der Waals surface area contributed by atoms with Crippen molar-refractivity contribution in [2.75, 3.05) is 19.0 Å². The monoisotopic (exact) mass is 392 g/mol. The average Bonchev–Trinajstić information content (AvgIpc) is 2.67. The molecule has 28 heavy (non-hydrogen) atoms. The number of para-hydroxylation sites is 1. The molecule has 8 heteroatoms. The predicted molar refractivity (Wildman–Crippen MR) is 102 cm³/mol. The van der Waals surface area contributed by atoms with E-state index in [1.54, 1.807) is 0 Å². The van der Waals surface area contributed by atoms with Crippen LogP contribution in [-0.2, 0) is 16.1 Å². The molecule has 0 aliphatic heterocycles. The lowest BCUT2D eigenvalue weighted by atomic mass is 10.1. The van der Waals surface area contributed by atoms with Gasteiger partial charge in [-0.05, 0) is 42.7 Å². The Hall–Kier alpha value is -3.16. The molecule has 0 fully saturated rings. The molecule has 0 aliphatic carbocycles. The van der Waals surface area contributed by atoms with Crippen LogP contribution in [-0.4, -0.2) is 32.4 Å². The number of methoxy groups -OCH3 is 1. The Balaban J connectivity index is 1.92. The summed E-state index contributed by atoms with van der Waals surface area (Å²) in [5.74, 6) is -0.284. The molecule has 0 unspecified atom stereocenters. The molecule has 1 N–H and O–H groups in total. The molecule has 2 aromatic rings. The van der Waals surface area contributed by atoms with Crippen LogP contribution < -0.4 is 14.8 Å². The number of amides is 1. The standard InChI is InChI=1S/C20H22F2N2O4/c1-4-15-7-5-6-13(2)19(15)24-18(25)12-27-23-11-14-8-9-16(28-20(21)22)17(10-14)26-3/h5-11,20H,4,12H2,1-3H3,(H,24,25)/b23-11+. The maximum absolute atomic E-state index is 12.3. The second-order valence-corrected chi connectivity index (χ2v) is 5.81. The van der Waals surface area contributed by atoms with Gasteiger partial charge in [-0.25, -0.2) is 0 Å². The molecule has 1 amide bonds. The Morgan fingerprint density at radius 2 is 2.04 bits per heavy atom. The van der Waals surface area contributed by atoms with Gasteiger partial charge in [0.05, 0.1) is 13.3 Å². The molecule has 0 saturated carbocycles. The lowest BCUT2D eigenvalue weighted by Crippen LogP contribution is -2.18. The summed E-state index contributed by atoms with van der Waals surface area (Å²) >= 11 is 0. The summed E-state index contributed by atoms with van der Waals surface area (Å²) in [5, 5.41) is 6.55. The van der Waals surface area contributed by atoms with Gasteiger partial charge in [0.15, 0.2) is 18.1 Å². The first-order valence-electron chi connectivity index (χ1n) is 8.61. The van der Waals surface area contributed by atoms with Gasteiger partial charge >= 0.3 is 6.61 Å². The molecular formula is C20H22F2N2O4. The highest BCUT2D eigenvalue weighted by Crippen LogP contribution is 2.29. The van der Waals surface area contributed by atoms with E-state index in [-0.39, 0.29) is 24.0 Å². The van der Waals surface area contributed by atoms with Crippen LogP contribution in [0, 0.1) is 6.92 Å². The third kappa shape index (κ3) is 5.94. The van der Waals surface area contributed by atoms with Gasteiger partial charge in [0.1, 0.15) is 0 Å². The van der Waals surface area contributed by atoms with Crippen molar-refractivity contribution in [1.82, 2.24) is 0 Å². The number of hydrogen-bond donors (Lipinski definition) is 1. The Morgan fingerprint density at radius 1 is 1.25 bits per heavy atom. The third-order valence-electron chi connectivity index (χ3n) is 3.88. The molecule has 6 nitrogen and oxygen atoms in total. The molecule has 0 bridgehead atoms. The normalized spacial score (nSPS) is 10.9. The molecule has 0 atom stereocenters. The number of nitrogens with zero attached hydrogens (tertiary/aromatic N) is 1. The van der Waals surface area contributed by atoms with E-state index in [0.29, 0.717) is 5.56 Å². The van der Waals surface area contributed by atoms with Crippen LogP contribution in [0.1, 0.15) is 23.6 Å². The first-order chi connectivity index (χ1) is 13.4. The van der Waals surface area contributed by atoms with Crippen molar-refractivity contribution in [3.8, 4) is 11.5 Å². The summed E-state index contributed by atoms with van der Waals surface area (Å²) in [5.41, 5.74) is 3.32. The summed E-state index contributed by atoms with van der Waals surface area (Å²) in [4.78, 5) is 17.1. The summed E-state index contributed by atoms with van der Waals surface area (Å²) in [6.45, 7) is 0.717. The van der Waals surface area contributed by atoms with Gasteiger partial charge in [0.25, 0.3) is 5.91 Å². The van der Waals surface area contributed by atoms with E-state index in [1.807, 2.05) is 32.0 Å². The summed E-state index contributed by atoms with van der Waals surface area (Å²) < 4.78 is 34.0. The number of aryl methyl sites for hydroxylation is 2. The Bertz CT molecular complexity index is 841. The highest BCUT2D eigenvalue weighted by Gasteiger charge is 2.11. The van der Waals surface area contributed by atoms with Crippen molar-refractivity contribution in [3.63, 3.8) is 0 Å². The van der Waals surface area contributed by atoms with Gasteiger partial charge in [-0.1, -0.05) is 30.3 Å². The molecule has 0 heterocycles. The summed E-state index contributed by atoms with van der Waals surface area (Å²) in [7, 11) is 1.34. The number of halogens is 2. The van der Waals surface area contributed by atoms with Crippen molar-refractivity contribution in [2.45, 2.75) is 26.9 Å². The minimum atomic E-state index is -2.95. The van der Waals surface area contributed by atoms with Gasteiger partial charge in [-0.3, -0.25) is 4.79 Å². The number of hydrogen-bond acceptors (Lipinski definition) is 5. The van der Waals surface area contributed by atoms with E-state index in [4.69, 9.17) is 9.57 Å². The number of anilines is 1. The number of alkyl halides is 2. The molecule has 0 spiro atoms. The molecule has 2 rings (SSSR count). The smallest absolute Gasteiger partial charge is 0.387 e. The average molecular weight is 392 g/mol. The number of benzene rings is 2. The van der Waals surface area contributed by atoms with Crippen LogP contribution in [0.25, 0.3) is 0 Å². The molecular weight excluding hydrogens is 370 g/mol. The maximum Gasteiger partial charge on any atom is 0.387 e. The SMILES string of the molecule is CCc1cccc(C)c1NC(=O)CO/N=C/c1ccc(OC(F)F)c(OC)c1. The number of nitrogens with one attached hydrogen (secondary N) is 1. The topological polar surface area (TPSA) is 69.2 Å². The van der Waals surface area contributed by atoms with Crippen LogP contribution in [0.5, 0.6) is 11.5 Å². The number of ether oxygens (including phenoxy) is 2. The predicted octanol–water partition coefficient (Wildman–Crippen LogP) is 4.16. The van der Waals surface area contributed by atoms with Crippen LogP contribution >= 0.6 is 0 Å². The lowest BCUT2D eigenvalue weighted by Gasteiger charge is -2.12. The van der Waals surface area contributed by atoms with Crippen LogP contribution in [0.15, 0.2) is 41.6 Å². The van der Waals surface area contributed by atoms with Gasteiger partial charge < -0.3 is 19.6 Å². The fourth-order valence-corrected chi connectivity index (χ4v) is 2.53. The molecule has 0 aliphatic rings. The van der Waals surface area contributed by atoms with E-state index in [9.17, 15) is 13.6 Å². The van der Waals surface area contributed by atoms with Gasteiger partial charge in [-0.15, -0.1) is 0 Å². The number of oxime groups is 1. The van der Waals surface area contributed by atoms with Gasteiger partial charge in [-0.2, -0.15) is 8.78 Å². The van der Waals surface area contributed by atoms with Crippen LogP contribution in [0.3, 0.4) is 0 Å². The fraction of sp³-hybridized carbons (Fsp3) is 0.300. The quantitative estimate of drug-likeness (QED) is 0.514. The van der Waals surface area contributed by atoms with E-state index in [2.05, 4.69) is 15.2 Å². The van der Waals surface area contributed by atoms with E-state index >= 15 is 0 Å². The van der Waals surface area contributed by atoms with Gasteiger partial charge in [0, 0.05) is 11.3 Å². The molecule has 0 radical (unpaired) electrons. The Labute approximate surface area is 162 Å². The van der Waals surface area contributed by atoms with Crippen molar-refractivity contribution in [1.29, 1.82) is 0 Å². The van der Waals surface area contributed by atoms with Gasteiger partial charge in [0.2, 0.25) is 0 Å². The Kier molecular flexibility index (Phi) is 7.74. The zero-order chi connectivity index (χ0) is 20.5. The second-order valence-electron chi connectivity index (χ2n) is 5.81. The van der Waals surface area contributed by atoms with Crippen molar-refractivity contribution in [2.24, 2.45) is 5.16 Å². The molecule has 150 valence electrons. The third-order valence-corrected chi connectivity index (χ3v) is 3.88. The lowest BCUT2D eigenvalue weighted by molar-refractivity contribution is -0.120. The van der Waals surface area contributed by atoms with Crippen molar-refractivity contribution in [3.05, 3.63) is 53.1 Å². The van der Waals surface area contributed by atoms with Crippen molar-refractivity contribution >= 4 is 17.8 Å². The van der Waals surface area contributed by atoms with E-state index in [1.165, 1.54) is 31.5 Å². The highest BCUT2D eigenvalue weighted by atomic mass is 19.3. The minimum absolute atomic E-state index is 0.0834. The van der Waals surface area contributed by atoms with Crippen molar-refractivity contribution < 1.29 is 27.9 Å². The maximum atomic E-state index is 12.3. The molecule has 0 aromatic heterocycles. The van der Waals surface area contributed by atoms with Crippen LogP contribution in [0.4, 0.5) is 14.5 Å².